The van der Waals surface area contributed by atoms with Gasteiger partial charge in [-0.1, -0.05) is 17.7 Å². The van der Waals surface area contributed by atoms with E-state index in [1.54, 1.807) is 31.3 Å². The average Bonchev–Trinajstić information content (AvgIpc) is 3.23. The van der Waals surface area contributed by atoms with Crippen LogP contribution >= 0.6 is 11.6 Å². The molecule has 0 N–H and O–H groups in total. The van der Waals surface area contributed by atoms with E-state index in [-0.39, 0.29) is 22.9 Å². The monoisotopic (exact) mass is 470 g/mol. The van der Waals surface area contributed by atoms with E-state index >= 15 is 0 Å². The molecule has 0 radical (unpaired) electrons. The second kappa shape index (κ2) is 9.23. The van der Waals surface area contributed by atoms with Crippen molar-refractivity contribution in [3.63, 3.8) is 0 Å². The highest BCUT2D eigenvalue weighted by atomic mass is 35.5. The van der Waals surface area contributed by atoms with Crippen molar-refractivity contribution in [2.75, 3.05) is 13.7 Å². The summed E-state index contributed by atoms with van der Waals surface area (Å²) in [4.78, 5) is 22.8. The highest BCUT2D eigenvalue weighted by molar-refractivity contribution is 6.29. The Hall–Kier alpha value is -3.39. The topological polar surface area (TPSA) is 69.5 Å². The highest BCUT2D eigenvalue weighted by Crippen LogP contribution is 2.31. The lowest BCUT2D eigenvalue weighted by molar-refractivity contribution is -0.141. The summed E-state index contributed by atoms with van der Waals surface area (Å²) in [5.41, 5.74) is 2.75. The van der Waals surface area contributed by atoms with Gasteiger partial charge in [0.25, 0.3) is 5.91 Å². The molecule has 0 bridgehead atoms. The number of hydrogen-bond donors (Lipinski definition) is 0. The zero-order valence-electron chi connectivity index (χ0n) is 18.8. The molecule has 1 aliphatic rings. The molecular formula is C24H24ClFN4O3. The Bertz CT molecular complexity index is 1230. The van der Waals surface area contributed by atoms with Crippen LogP contribution in [0.5, 0.6) is 5.75 Å². The third-order valence-corrected chi connectivity index (χ3v) is 5.80. The van der Waals surface area contributed by atoms with Gasteiger partial charge in [0.2, 0.25) is 0 Å². The molecule has 0 saturated carbocycles. The number of rotatable bonds is 5. The van der Waals surface area contributed by atoms with E-state index in [0.29, 0.717) is 17.9 Å². The number of ether oxygens (including phenoxy) is 2. The van der Waals surface area contributed by atoms with Crippen molar-refractivity contribution < 1.29 is 18.7 Å². The minimum Gasteiger partial charge on any atom is -0.495 e. The molecule has 9 heteroatoms. The second-order valence-corrected chi connectivity index (χ2v) is 8.29. The van der Waals surface area contributed by atoms with E-state index in [1.165, 1.54) is 12.3 Å². The maximum absolute atomic E-state index is 14.5. The van der Waals surface area contributed by atoms with Gasteiger partial charge in [0.05, 0.1) is 37.4 Å². The van der Waals surface area contributed by atoms with Crippen LogP contribution in [0.2, 0.25) is 5.15 Å². The minimum absolute atomic E-state index is 0.175. The second-order valence-electron chi connectivity index (χ2n) is 7.93. The first-order chi connectivity index (χ1) is 15.8. The van der Waals surface area contributed by atoms with E-state index in [2.05, 4.69) is 9.97 Å². The quantitative estimate of drug-likeness (QED) is 0.398. The zero-order valence-corrected chi connectivity index (χ0v) is 19.5. The molecule has 1 aromatic carbocycles. The number of benzene rings is 1. The average molecular weight is 471 g/mol. The van der Waals surface area contributed by atoms with E-state index in [0.717, 1.165) is 16.9 Å². The Labute approximate surface area is 196 Å². The van der Waals surface area contributed by atoms with Gasteiger partial charge in [-0.15, -0.1) is 0 Å². The Morgan fingerprint density at radius 1 is 1.33 bits per heavy atom. The normalized spacial score (nSPS) is 18.4. The molecule has 172 valence electrons. The Balaban J connectivity index is 1.65. The SMILES string of the molecule is COc1cc(/C=C2\O[C@@H](C)CN([C@@H](C)c3ccnc(Cl)c3F)C2=O)ccc1-n1cnc(C)c1. The van der Waals surface area contributed by atoms with Crippen LogP contribution in [0, 0.1) is 12.7 Å². The summed E-state index contributed by atoms with van der Waals surface area (Å²) in [5, 5.41) is -0.218. The van der Waals surface area contributed by atoms with E-state index in [1.807, 2.05) is 42.8 Å². The largest absolute Gasteiger partial charge is 0.495 e. The smallest absolute Gasteiger partial charge is 0.289 e. The maximum atomic E-state index is 14.5. The Kier molecular flexibility index (Phi) is 6.37. The maximum Gasteiger partial charge on any atom is 0.289 e. The highest BCUT2D eigenvalue weighted by Gasteiger charge is 2.34. The molecule has 2 atom stereocenters. The fourth-order valence-electron chi connectivity index (χ4n) is 3.86. The van der Waals surface area contributed by atoms with Crippen LogP contribution in [0.3, 0.4) is 0 Å². The summed E-state index contributed by atoms with van der Waals surface area (Å²) in [6.07, 6.45) is 6.43. The van der Waals surface area contributed by atoms with Gasteiger partial charge in [-0.05, 0) is 50.6 Å². The molecule has 0 aliphatic carbocycles. The molecule has 3 aromatic rings. The number of aryl methyl sites for hydroxylation is 1. The summed E-state index contributed by atoms with van der Waals surface area (Å²) in [7, 11) is 1.59. The van der Waals surface area contributed by atoms with Gasteiger partial charge in [0.1, 0.15) is 11.9 Å². The number of imidazole rings is 1. The number of pyridine rings is 1. The van der Waals surface area contributed by atoms with Crippen molar-refractivity contribution in [1.29, 1.82) is 0 Å². The van der Waals surface area contributed by atoms with Crippen molar-refractivity contribution in [3.05, 3.63) is 76.5 Å². The number of aromatic nitrogens is 3. The van der Waals surface area contributed by atoms with E-state index < -0.39 is 11.9 Å². The van der Waals surface area contributed by atoms with Crippen molar-refractivity contribution in [2.24, 2.45) is 0 Å². The summed E-state index contributed by atoms with van der Waals surface area (Å²) < 4.78 is 27.8. The number of morpholine rings is 1. The molecule has 1 saturated heterocycles. The lowest BCUT2D eigenvalue weighted by Crippen LogP contribution is -2.45. The van der Waals surface area contributed by atoms with Gasteiger partial charge in [-0.3, -0.25) is 4.79 Å². The predicted octanol–water partition coefficient (Wildman–Crippen LogP) is 4.73. The predicted molar refractivity (Wildman–Crippen MR) is 123 cm³/mol. The zero-order chi connectivity index (χ0) is 23.7. The first kappa shape index (κ1) is 22.8. The fourth-order valence-corrected chi connectivity index (χ4v) is 4.03. The van der Waals surface area contributed by atoms with Crippen LogP contribution in [0.15, 0.2) is 48.7 Å². The van der Waals surface area contributed by atoms with Crippen molar-refractivity contribution >= 4 is 23.6 Å². The van der Waals surface area contributed by atoms with Crippen LogP contribution in [0.25, 0.3) is 11.8 Å². The van der Waals surface area contributed by atoms with Gasteiger partial charge >= 0.3 is 0 Å². The van der Waals surface area contributed by atoms with Gasteiger partial charge in [0.15, 0.2) is 16.7 Å². The van der Waals surface area contributed by atoms with Crippen molar-refractivity contribution in [3.8, 4) is 11.4 Å². The van der Waals surface area contributed by atoms with Gasteiger partial charge in [-0.25, -0.2) is 14.4 Å². The summed E-state index contributed by atoms with van der Waals surface area (Å²) in [5.74, 6) is -0.161. The van der Waals surface area contributed by atoms with Crippen molar-refractivity contribution in [1.82, 2.24) is 19.4 Å². The van der Waals surface area contributed by atoms with Gasteiger partial charge < -0.3 is 18.9 Å². The summed E-state index contributed by atoms with van der Waals surface area (Å²) in [6, 6.07) is 6.56. The van der Waals surface area contributed by atoms with Crippen LogP contribution < -0.4 is 4.74 Å². The summed E-state index contributed by atoms with van der Waals surface area (Å²) >= 11 is 5.84. The third-order valence-electron chi connectivity index (χ3n) is 5.54. The first-order valence-electron chi connectivity index (χ1n) is 10.5. The Morgan fingerprint density at radius 3 is 2.82 bits per heavy atom. The lowest BCUT2D eigenvalue weighted by Gasteiger charge is -2.37. The number of methoxy groups -OCH3 is 1. The molecule has 3 heterocycles. The molecule has 1 fully saturated rings. The summed E-state index contributed by atoms with van der Waals surface area (Å²) in [6.45, 7) is 5.85. The minimum atomic E-state index is -0.626. The fraction of sp³-hybridized carbons (Fsp3) is 0.292. The molecular weight excluding hydrogens is 447 g/mol. The molecule has 33 heavy (non-hydrogen) atoms. The van der Waals surface area contributed by atoms with Gasteiger partial charge in [-0.2, -0.15) is 0 Å². The van der Waals surface area contributed by atoms with Crippen molar-refractivity contribution in [2.45, 2.75) is 32.9 Å². The number of amides is 1. The number of halogens is 2. The van der Waals surface area contributed by atoms with Crippen LogP contribution in [0.4, 0.5) is 4.39 Å². The Morgan fingerprint density at radius 2 is 2.12 bits per heavy atom. The molecule has 0 unspecified atom stereocenters. The molecule has 4 rings (SSSR count). The van der Waals surface area contributed by atoms with Crippen LogP contribution in [0.1, 0.15) is 36.7 Å². The molecule has 1 aliphatic heterocycles. The number of carbonyl (C=O) groups excluding carboxylic acids is 1. The standard InChI is InChI=1S/C24H24ClFN4O3/c1-14-11-29(13-28-14)19-6-5-17(9-20(19)32-4)10-21-24(31)30(12-15(2)33-21)16(3)18-7-8-27-23(25)22(18)26/h5-11,13,15-16H,12H2,1-4H3/b21-10-/t15-,16-/m0/s1. The van der Waals surface area contributed by atoms with Gasteiger partial charge in [0, 0.05) is 18.0 Å². The number of nitrogens with zero attached hydrogens (tertiary/aromatic N) is 4. The number of carbonyl (C=O) groups is 1. The lowest BCUT2D eigenvalue weighted by atomic mass is 10.1. The first-order valence-corrected chi connectivity index (χ1v) is 10.8. The molecule has 7 nitrogen and oxygen atoms in total. The molecule has 2 aromatic heterocycles. The van der Waals surface area contributed by atoms with Crippen LogP contribution in [-0.4, -0.2) is 45.1 Å². The molecule has 1 amide bonds. The van der Waals surface area contributed by atoms with E-state index in [4.69, 9.17) is 21.1 Å². The third kappa shape index (κ3) is 4.57. The number of hydrogen-bond acceptors (Lipinski definition) is 5. The van der Waals surface area contributed by atoms with Crippen LogP contribution in [-0.2, 0) is 9.53 Å². The molecule has 0 spiro atoms. The van der Waals surface area contributed by atoms with E-state index in [9.17, 15) is 9.18 Å².